The van der Waals surface area contributed by atoms with Gasteiger partial charge in [0.1, 0.15) is 5.69 Å². The van der Waals surface area contributed by atoms with Crippen molar-refractivity contribution >= 4 is 10.9 Å². The zero-order chi connectivity index (χ0) is 15.2. The second kappa shape index (κ2) is 4.60. The van der Waals surface area contributed by atoms with Crippen LogP contribution >= 0.6 is 0 Å². The smallest absolute Gasteiger partial charge is 0.160 e. The standard InChI is InChI=1S/C15H13F2N3O/c1-15(2,21)8-3-4-12(18-7-8)14-9-5-10(16)11(17)6-13(9)19-20-14/h3-7,21H,1-2H3,(H,19,20). The lowest BCUT2D eigenvalue weighted by molar-refractivity contribution is 0.0782. The zero-order valence-corrected chi connectivity index (χ0v) is 11.5. The first-order valence-corrected chi connectivity index (χ1v) is 6.38. The van der Waals surface area contributed by atoms with E-state index < -0.39 is 17.2 Å². The molecule has 0 saturated heterocycles. The molecule has 0 bridgehead atoms. The van der Waals surface area contributed by atoms with Gasteiger partial charge in [-0.05, 0) is 26.0 Å². The molecule has 6 heteroatoms. The van der Waals surface area contributed by atoms with Crippen molar-refractivity contribution in [2.75, 3.05) is 0 Å². The molecule has 0 amide bonds. The molecule has 0 radical (unpaired) electrons. The SMILES string of the molecule is CC(C)(O)c1ccc(-c2n[nH]c3cc(F)c(F)cc23)nc1. The lowest BCUT2D eigenvalue weighted by Gasteiger charge is -2.16. The normalized spacial score (nSPS) is 12.0. The molecule has 0 aliphatic heterocycles. The van der Waals surface area contributed by atoms with Crippen molar-refractivity contribution in [1.29, 1.82) is 0 Å². The molecule has 0 fully saturated rings. The predicted octanol–water partition coefficient (Wildman–Crippen LogP) is 3.13. The number of rotatable bonds is 2. The van der Waals surface area contributed by atoms with E-state index in [1.54, 1.807) is 26.0 Å². The lowest BCUT2D eigenvalue weighted by Crippen LogP contribution is -2.15. The summed E-state index contributed by atoms with van der Waals surface area (Å²) >= 11 is 0. The third kappa shape index (κ3) is 2.38. The third-order valence-electron chi connectivity index (χ3n) is 3.32. The van der Waals surface area contributed by atoms with Crippen molar-refractivity contribution in [3.8, 4) is 11.4 Å². The van der Waals surface area contributed by atoms with E-state index in [-0.39, 0.29) is 0 Å². The number of nitrogens with one attached hydrogen (secondary N) is 1. The van der Waals surface area contributed by atoms with E-state index in [0.717, 1.165) is 12.1 Å². The molecule has 1 aromatic carbocycles. The summed E-state index contributed by atoms with van der Waals surface area (Å²) in [4.78, 5) is 4.23. The van der Waals surface area contributed by atoms with Crippen LogP contribution in [0.4, 0.5) is 8.78 Å². The molecular weight excluding hydrogens is 276 g/mol. The Hall–Kier alpha value is -2.34. The largest absolute Gasteiger partial charge is 0.386 e. The van der Waals surface area contributed by atoms with Crippen molar-refractivity contribution in [1.82, 2.24) is 15.2 Å². The van der Waals surface area contributed by atoms with Gasteiger partial charge in [0, 0.05) is 23.2 Å². The molecule has 21 heavy (non-hydrogen) atoms. The number of aromatic amines is 1. The van der Waals surface area contributed by atoms with Crippen molar-refractivity contribution in [2.45, 2.75) is 19.4 Å². The fraction of sp³-hybridized carbons (Fsp3) is 0.200. The number of aromatic nitrogens is 3. The van der Waals surface area contributed by atoms with Crippen LogP contribution in [0.2, 0.25) is 0 Å². The first kappa shape index (κ1) is 13.6. The predicted molar refractivity (Wildman–Crippen MR) is 74.5 cm³/mol. The number of halogens is 2. The monoisotopic (exact) mass is 289 g/mol. The summed E-state index contributed by atoms with van der Waals surface area (Å²) in [5, 5.41) is 17.1. The van der Waals surface area contributed by atoms with Gasteiger partial charge >= 0.3 is 0 Å². The number of hydrogen-bond donors (Lipinski definition) is 2. The maximum atomic E-state index is 13.4. The van der Waals surface area contributed by atoms with Crippen LogP contribution in [0, 0.1) is 11.6 Å². The van der Waals surface area contributed by atoms with Crippen LogP contribution in [0.1, 0.15) is 19.4 Å². The highest BCUT2D eigenvalue weighted by molar-refractivity contribution is 5.91. The van der Waals surface area contributed by atoms with Gasteiger partial charge in [-0.25, -0.2) is 8.78 Å². The summed E-state index contributed by atoms with van der Waals surface area (Å²) in [6.07, 6.45) is 1.54. The van der Waals surface area contributed by atoms with Crippen molar-refractivity contribution in [2.24, 2.45) is 0 Å². The first-order chi connectivity index (χ1) is 9.86. The molecule has 0 atom stereocenters. The minimum atomic E-state index is -0.992. The van der Waals surface area contributed by atoms with Gasteiger partial charge in [-0.2, -0.15) is 5.10 Å². The zero-order valence-electron chi connectivity index (χ0n) is 11.5. The van der Waals surface area contributed by atoms with Crippen LogP contribution in [0.25, 0.3) is 22.3 Å². The molecule has 3 aromatic rings. The Morgan fingerprint density at radius 3 is 2.48 bits per heavy atom. The molecule has 0 saturated carbocycles. The second-order valence-electron chi connectivity index (χ2n) is 5.38. The van der Waals surface area contributed by atoms with Gasteiger partial charge in [0.05, 0.1) is 16.8 Å². The molecule has 4 nitrogen and oxygen atoms in total. The summed E-state index contributed by atoms with van der Waals surface area (Å²) < 4.78 is 26.6. The van der Waals surface area contributed by atoms with Gasteiger partial charge in [0.25, 0.3) is 0 Å². The van der Waals surface area contributed by atoms with E-state index >= 15 is 0 Å². The molecule has 2 N–H and O–H groups in total. The van der Waals surface area contributed by atoms with Crippen LogP contribution in [-0.4, -0.2) is 20.3 Å². The minimum Gasteiger partial charge on any atom is -0.386 e. The van der Waals surface area contributed by atoms with E-state index in [1.807, 2.05) is 0 Å². The number of benzene rings is 1. The van der Waals surface area contributed by atoms with E-state index in [4.69, 9.17) is 0 Å². The summed E-state index contributed by atoms with van der Waals surface area (Å²) in [7, 11) is 0. The molecule has 108 valence electrons. The molecule has 2 aromatic heterocycles. The molecular formula is C15H13F2N3O. The van der Waals surface area contributed by atoms with Crippen LogP contribution in [0.3, 0.4) is 0 Å². The number of hydrogen-bond acceptors (Lipinski definition) is 3. The number of H-pyrrole nitrogens is 1. The fourth-order valence-electron chi connectivity index (χ4n) is 2.10. The fourth-order valence-corrected chi connectivity index (χ4v) is 2.10. The van der Waals surface area contributed by atoms with Crippen molar-refractivity contribution < 1.29 is 13.9 Å². The molecule has 0 aliphatic carbocycles. The third-order valence-corrected chi connectivity index (χ3v) is 3.32. The Morgan fingerprint density at radius 2 is 1.86 bits per heavy atom. The lowest BCUT2D eigenvalue weighted by atomic mass is 10.00. The maximum absolute atomic E-state index is 13.4. The van der Waals surface area contributed by atoms with Crippen molar-refractivity contribution in [3.05, 3.63) is 47.7 Å². The van der Waals surface area contributed by atoms with Gasteiger partial charge in [-0.1, -0.05) is 6.07 Å². The van der Waals surface area contributed by atoms with Gasteiger partial charge in [0.15, 0.2) is 11.6 Å². The quantitative estimate of drug-likeness (QED) is 0.762. The van der Waals surface area contributed by atoms with Crippen LogP contribution in [0.15, 0.2) is 30.5 Å². The van der Waals surface area contributed by atoms with E-state index in [9.17, 15) is 13.9 Å². The molecule has 0 spiro atoms. The molecule has 0 aliphatic rings. The van der Waals surface area contributed by atoms with Gasteiger partial charge in [-0.3, -0.25) is 10.1 Å². The van der Waals surface area contributed by atoms with Crippen molar-refractivity contribution in [3.63, 3.8) is 0 Å². The van der Waals surface area contributed by atoms with Gasteiger partial charge in [-0.15, -0.1) is 0 Å². The van der Waals surface area contributed by atoms with E-state index in [0.29, 0.717) is 27.9 Å². The number of aliphatic hydroxyl groups is 1. The highest BCUT2D eigenvalue weighted by atomic mass is 19.2. The van der Waals surface area contributed by atoms with E-state index in [1.165, 1.54) is 6.20 Å². The minimum absolute atomic E-state index is 0.400. The Bertz CT molecular complexity index is 804. The summed E-state index contributed by atoms with van der Waals surface area (Å²) in [6.45, 7) is 3.32. The maximum Gasteiger partial charge on any atom is 0.160 e. The highest BCUT2D eigenvalue weighted by Gasteiger charge is 2.18. The Labute approximate surface area is 119 Å². The Balaban J connectivity index is 2.10. The van der Waals surface area contributed by atoms with Gasteiger partial charge in [0.2, 0.25) is 0 Å². The summed E-state index contributed by atoms with van der Waals surface area (Å²) in [6, 6.07) is 5.56. The number of pyridine rings is 1. The Kier molecular flexibility index (Phi) is 2.98. The average molecular weight is 289 g/mol. The van der Waals surface area contributed by atoms with Gasteiger partial charge < -0.3 is 5.11 Å². The highest BCUT2D eigenvalue weighted by Crippen LogP contribution is 2.28. The number of fused-ring (bicyclic) bond motifs is 1. The topological polar surface area (TPSA) is 61.8 Å². The summed E-state index contributed by atoms with van der Waals surface area (Å²) in [5.74, 6) is -1.86. The van der Waals surface area contributed by atoms with Crippen LogP contribution < -0.4 is 0 Å². The second-order valence-corrected chi connectivity index (χ2v) is 5.38. The first-order valence-electron chi connectivity index (χ1n) is 6.38. The molecule has 2 heterocycles. The van der Waals surface area contributed by atoms with Crippen LogP contribution in [0.5, 0.6) is 0 Å². The van der Waals surface area contributed by atoms with Crippen LogP contribution in [-0.2, 0) is 5.60 Å². The van der Waals surface area contributed by atoms with E-state index in [2.05, 4.69) is 15.2 Å². The summed E-state index contributed by atoms with van der Waals surface area (Å²) in [5.41, 5.74) is 1.01. The average Bonchev–Trinajstić information content (AvgIpc) is 2.81. The molecule has 0 unspecified atom stereocenters. The molecule has 3 rings (SSSR count). The number of nitrogens with zero attached hydrogens (tertiary/aromatic N) is 2. The Morgan fingerprint density at radius 1 is 1.14 bits per heavy atom.